The van der Waals surface area contributed by atoms with E-state index >= 15 is 0 Å². The molecule has 0 saturated carbocycles. The number of ketones is 1. The van der Waals surface area contributed by atoms with Gasteiger partial charge < -0.3 is 4.74 Å². The van der Waals surface area contributed by atoms with Crippen LogP contribution in [0.4, 0.5) is 27.6 Å². The predicted molar refractivity (Wildman–Crippen MR) is 111 cm³/mol. The van der Waals surface area contributed by atoms with Crippen molar-refractivity contribution in [2.45, 2.75) is 22.9 Å². The van der Waals surface area contributed by atoms with Gasteiger partial charge in [-0.3, -0.25) is 24.7 Å². The van der Waals surface area contributed by atoms with Crippen molar-refractivity contribution in [2.24, 2.45) is 5.84 Å². The van der Waals surface area contributed by atoms with Crippen LogP contribution in [0.5, 0.6) is 5.88 Å². The standard InChI is InChI=1S/C19H14ClF5N4O4S/c1-9(31)7-33-18-15(2-10(21)6-27-18)34-14-4-13(12(22)3-11(14)20)29(26)16(19(23,24)25)5-17(32)28-8-30/h2-6,8H,7,26H2,1H3,(H,28,30,32)/b16-5-. The fourth-order valence-corrected chi connectivity index (χ4v) is 3.50. The Morgan fingerprint density at radius 1 is 1.26 bits per heavy atom. The van der Waals surface area contributed by atoms with E-state index in [0.29, 0.717) is 17.8 Å². The molecule has 0 radical (unpaired) electrons. The minimum atomic E-state index is -5.23. The number of amides is 2. The molecule has 2 aromatic rings. The largest absolute Gasteiger partial charge is 0.469 e. The number of hydrogen-bond donors (Lipinski definition) is 2. The van der Waals surface area contributed by atoms with E-state index in [-0.39, 0.29) is 44.0 Å². The number of carbonyl (C=O) groups is 3. The summed E-state index contributed by atoms with van der Waals surface area (Å²) >= 11 is 6.64. The number of halogens is 6. The Balaban J connectivity index is 2.51. The molecule has 15 heteroatoms. The van der Waals surface area contributed by atoms with Crippen molar-refractivity contribution >= 4 is 47.2 Å². The summed E-state index contributed by atoms with van der Waals surface area (Å²) in [6, 6.07) is 2.43. The maximum atomic E-state index is 14.5. The van der Waals surface area contributed by atoms with Gasteiger partial charge in [0.05, 0.1) is 21.8 Å². The lowest BCUT2D eigenvalue weighted by molar-refractivity contribution is -0.123. The topological polar surface area (TPSA) is 115 Å². The lowest BCUT2D eigenvalue weighted by atomic mass is 10.2. The van der Waals surface area contributed by atoms with Gasteiger partial charge in [0.2, 0.25) is 12.3 Å². The van der Waals surface area contributed by atoms with Crippen molar-refractivity contribution in [3.63, 3.8) is 0 Å². The van der Waals surface area contributed by atoms with E-state index in [9.17, 15) is 36.3 Å². The molecular formula is C19H14ClF5N4O4S. The molecule has 182 valence electrons. The lowest BCUT2D eigenvalue weighted by Gasteiger charge is -2.25. The number of ether oxygens (including phenoxy) is 1. The van der Waals surface area contributed by atoms with E-state index in [1.807, 2.05) is 0 Å². The number of imide groups is 1. The molecule has 1 heterocycles. The summed E-state index contributed by atoms with van der Waals surface area (Å²) in [6.07, 6.45) is -4.61. The maximum Gasteiger partial charge on any atom is 0.433 e. The van der Waals surface area contributed by atoms with Crippen molar-refractivity contribution in [3.8, 4) is 5.88 Å². The van der Waals surface area contributed by atoms with Gasteiger partial charge in [0, 0.05) is 11.0 Å². The Hall–Kier alpha value is -3.23. The highest BCUT2D eigenvalue weighted by atomic mass is 35.5. The Kier molecular flexibility index (Phi) is 8.95. The van der Waals surface area contributed by atoms with Gasteiger partial charge in [-0.2, -0.15) is 13.2 Å². The summed E-state index contributed by atoms with van der Waals surface area (Å²) in [4.78, 5) is 36.5. The van der Waals surface area contributed by atoms with E-state index in [4.69, 9.17) is 22.2 Å². The van der Waals surface area contributed by atoms with Crippen LogP contribution in [0.2, 0.25) is 5.02 Å². The van der Waals surface area contributed by atoms with Crippen LogP contribution in [0.3, 0.4) is 0 Å². The third-order valence-corrected chi connectivity index (χ3v) is 5.19. The van der Waals surface area contributed by atoms with Gasteiger partial charge in [0.15, 0.2) is 5.78 Å². The predicted octanol–water partition coefficient (Wildman–Crippen LogP) is 3.53. The molecule has 1 aromatic carbocycles. The van der Waals surface area contributed by atoms with Crippen molar-refractivity contribution in [2.75, 3.05) is 11.6 Å². The quantitative estimate of drug-likeness (QED) is 0.168. The highest BCUT2D eigenvalue weighted by Gasteiger charge is 2.39. The Morgan fingerprint density at radius 2 is 1.94 bits per heavy atom. The first-order valence-corrected chi connectivity index (χ1v) is 10.1. The molecule has 3 N–H and O–H groups in total. The fraction of sp³-hybridized carbons (Fsp3) is 0.158. The molecule has 8 nitrogen and oxygen atoms in total. The molecule has 0 bridgehead atoms. The number of aromatic nitrogens is 1. The molecule has 0 spiro atoms. The molecule has 34 heavy (non-hydrogen) atoms. The second kappa shape index (κ2) is 11.3. The number of Topliss-reactive ketones (excluding diaryl/α,β-unsaturated/α-hetero) is 1. The third kappa shape index (κ3) is 7.13. The van der Waals surface area contributed by atoms with Crippen molar-refractivity contribution in [1.82, 2.24) is 10.3 Å². The zero-order valence-electron chi connectivity index (χ0n) is 17.0. The van der Waals surface area contributed by atoms with E-state index in [0.717, 1.165) is 18.3 Å². The van der Waals surface area contributed by atoms with E-state index in [1.54, 1.807) is 0 Å². The first-order valence-electron chi connectivity index (χ1n) is 8.86. The monoisotopic (exact) mass is 524 g/mol. The van der Waals surface area contributed by atoms with Gasteiger partial charge in [-0.1, -0.05) is 23.4 Å². The summed E-state index contributed by atoms with van der Waals surface area (Å²) in [6.45, 7) is 0.837. The highest BCUT2D eigenvalue weighted by molar-refractivity contribution is 7.99. The zero-order valence-corrected chi connectivity index (χ0v) is 18.5. The van der Waals surface area contributed by atoms with Crippen LogP contribution < -0.4 is 20.9 Å². The average Bonchev–Trinajstić information content (AvgIpc) is 2.72. The van der Waals surface area contributed by atoms with Crippen LogP contribution >= 0.6 is 23.4 Å². The smallest absolute Gasteiger partial charge is 0.433 e. The van der Waals surface area contributed by atoms with Crippen molar-refractivity contribution in [3.05, 3.63) is 52.8 Å². The molecular weight excluding hydrogens is 511 g/mol. The number of nitrogens with zero attached hydrogens (tertiary/aromatic N) is 2. The second-order valence-electron chi connectivity index (χ2n) is 6.31. The molecule has 1 aromatic heterocycles. The van der Waals surface area contributed by atoms with Gasteiger partial charge >= 0.3 is 6.18 Å². The molecule has 0 aliphatic carbocycles. The number of anilines is 1. The zero-order chi connectivity index (χ0) is 25.6. The van der Waals surface area contributed by atoms with Crippen LogP contribution in [0.1, 0.15) is 6.92 Å². The number of rotatable bonds is 9. The minimum absolute atomic E-state index is 0.0266. The van der Waals surface area contributed by atoms with Gasteiger partial charge in [0.25, 0.3) is 5.91 Å². The number of alkyl halides is 3. The molecule has 0 saturated heterocycles. The highest BCUT2D eigenvalue weighted by Crippen LogP contribution is 2.41. The number of hydrazine groups is 1. The fourth-order valence-electron chi connectivity index (χ4n) is 2.30. The van der Waals surface area contributed by atoms with Crippen LogP contribution in [0.25, 0.3) is 0 Å². The van der Waals surface area contributed by atoms with Crippen LogP contribution in [0.15, 0.2) is 46.0 Å². The van der Waals surface area contributed by atoms with Crippen molar-refractivity contribution in [1.29, 1.82) is 0 Å². The maximum absolute atomic E-state index is 14.5. The van der Waals surface area contributed by atoms with Crippen molar-refractivity contribution < 1.29 is 41.1 Å². The summed E-state index contributed by atoms with van der Waals surface area (Å²) < 4.78 is 73.8. The third-order valence-electron chi connectivity index (χ3n) is 3.70. The number of benzene rings is 1. The lowest BCUT2D eigenvalue weighted by Crippen LogP contribution is -2.39. The van der Waals surface area contributed by atoms with E-state index in [1.165, 1.54) is 12.2 Å². The first kappa shape index (κ1) is 27.0. The molecule has 0 aliphatic heterocycles. The van der Waals surface area contributed by atoms with E-state index < -0.39 is 41.7 Å². The van der Waals surface area contributed by atoms with Gasteiger partial charge in [-0.05, 0) is 25.1 Å². The second-order valence-corrected chi connectivity index (χ2v) is 7.80. The van der Waals surface area contributed by atoms with Gasteiger partial charge in [-0.15, -0.1) is 0 Å². The molecule has 2 rings (SSSR count). The molecule has 0 aliphatic rings. The average molecular weight is 525 g/mol. The van der Waals surface area contributed by atoms with Crippen LogP contribution in [-0.4, -0.2) is 35.9 Å². The number of nitrogens with two attached hydrogens (primary N) is 1. The molecule has 0 atom stereocenters. The summed E-state index contributed by atoms with van der Waals surface area (Å²) in [5.41, 5.74) is -2.66. The normalized spacial score (nSPS) is 11.7. The Labute approximate surface area is 197 Å². The van der Waals surface area contributed by atoms with Gasteiger partial charge in [0.1, 0.15) is 23.9 Å². The number of nitrogens with one attached hydrogen (secondary N) is 1. The van der Waals surface area contributed by atoms with E-state index in [2.05, 4.69) is 4.98 Å². The molecule has 0 unspecified atom stereocenters. The number of hydrogen-bond acceptors (Lipinski definition) is 8. The number of carbonyl (C=O) groups excluding carboxylic acids is 3. The molecule has 2 amide bonds. The van der Waals surface area contributed by atoms with Crippen LogP contribution in [0, 0.1) is 11.6 Å². The minimum Gasteiger partial charge on any atom is -0.469 e. The Bertz CT molecular complexity index is 1150. The number of pyridine rings is 1. The molecule has 0 fully saturated rings. The summed E-state index contributed by atoms with van der Waals surface area (Å²) in [7, 11) is 0. The van der Waals surface area contributed by atoms with Crippen LogP contribution in [-0.2, 0) is 14.4 Å². The first-order chi connectivity index (χ1) is 15.8. The number of allylic oxidation sites excluding steroid dienone is 1. The summed E-state index contributed by atoms with van der Waals surface area (Å²) in [5.74, 6) is 1.37. The Morgan fingerprint density at radius 3 is 2.53 bits per heavy atom. The summed E-state index contributed by atoms with van der Waals surface area (Å²) in [5, 5.41) is 1.04. The van der Waals surface area contributed by atoms with Gasteiger partial charge in [-0.25, -0.2) is 19.6 Å². The SMILES string of the molecule is CC(=O)COc1ncc(F)cc1Sc1cc(N(N)/C(=C\C(=O)NC=O)C(F)(F)F)c(F)cc1Cl.